The molecular formula is C20H24N2O. The van der Waals surface area contributed by atoms with E-state index in [4.69, 9.17) is 11.5 Å². The summed E-state index contributed by atoms with van der Waals surface area (Å²) in [5, 5.41) is 0. The summed E-state index contributed by atoms with van der Waals surface area (Å²) in [6, 6.07) is 16.2. The number of hydrogen-bond acceptors (Lipinski definition) is 2. The van der Waals surface area contributed by atoms with Gasteiger partial charge in [-0.25, -0.2) is 0 Å². The smallest absolute Gasteiger partial charge is 0.232 e. The lowest BCUT2D eigenvalue weighted by Crippen LogP contribution is -2.42. The third kappa shape index (κ3) is 2.36. The fourth-order valence-electron chi connectivity index (χ4n) is 3.70. The predicted molar refractivity (Wildman–Crippen MR) is 93.9 cm³/mol. The molecule has 0 saturated heterocycles. The van der Waals surface area contributed by atoms with Gasteiger partial charge in [0.2, 0.25) is 5.91 Å². The molecule has 1 atom stereocenters. The molecule has 0 aliphatic heterocycles. The number of hydrogen-bond donors (Lipinski definition) is 2. The molecule has 0 fully saturated rings. The first-order valence-electron chi connectivity index (χ1n) is 8.23. The second-order valence-electron chi connectivity index (χ2n) is 6.81. The molecule has 3 nitrogen and oxygen atoms in total. The lowest BCUT2D eigenvalue weighted by molar-refractivity contribution is -0.122. The highest BCUT2D eigenvalue weighted by molar-refractivity contribution is 5.99. The number of fused-ring (bicyclic) bond motifs is 3. The fourth-order valence-corrected chi connectivity index (χ4v) is 3.70. The first kappa shape index (κ1) is 15.8. The van der Waals surface area contributed by atoms with Crippen molar-refractivity contribution < 1.29 is 4.79 Å². The predicted octanol–water partition coefficient (Wildman–Crippen LogP) is 3.20. The lowest BCUT2D eigenvalue weighted by atomic mass is 9.72. The van der Waals surface area contributed by atoms with Crippen LogP contribution in [0, 0.1) is 5.92 Å². The van der Waals surface area contributed by atoms with E-state index in [1.807, 2.05) is 36.4 Å². The Labute approximate surface area is 137 Å². The van der Waals surface area contributed by atoms with Gasteiger partial charge in [0.15, 0.2) is 0 Å². The Kier molecular flexibility index (Phi) is 3.99. The first-order valence-corrected chi connectivity index (χ1v) is 8.23. The topological polar surface area (TPSA) is 69.1 Å². The SMILES string of the molecule is CC(C)C(N)CCC1(C(N)=O)c2ccccc2-c2ccccc21. The van der Waals surface area contributed by atoms with E-state index in [1.54, 1.807) is 0 Å². The molecule has 0 radical (unpaired) electrons. The molecule has 3 rings (SSSR count). The van der Waals surface area contributed by atoms with Gasteiger partial charge in [-0.2, -0.15) is 0 Å². The number of benzene rings is 2. The molecule has 0 spiro atoms. The van der Waals surface area contributed by atoms with Crippen LogP contribution >= 0.6 is 0 Å². The molecule has 1 amide bonds. The van der Waals surface area contributed by atoms with Gasteiger partial charge in [0, 0.05) is 6.04 Å². The van der Waals surface area contributed by atoms with Crippen LogP contribution in [0.2, 0.25) is 0 Å². The summed E-state index contributed by atoms with van der Waals surface area (Å²) >= 11 is 0. The van der Waals surface area contributed by atoms with Crippen LogP contribution in [0.15, 0.2) is 48.5 Å². The Morgan fingerprint density at radius 1 is 1.00 bits per heavy atom. The van der Waals surface area contributed by atoms with E-state index in [2.05, 4.69) is 26.0 Å². The largest absolute Gasteiger partial charge is 0.369 e. The van der Waals surface area contributed by atoms with E-state index in [1.165, 1.54) is 0 Å². The molecule has 1 aliphatic carbocycles. The first-order chi connectivity index (χ1) is 11.0. The zero-order chi connectivity index (χ0) is 16.6. The molecule has 2 aromatic carbocycles. The van der Waals surface area contributed by atoms with Gasteiger partial charge in [-0.3, -0.25) is 4.79 Å². The van der Waals surface area contributed by atoms with Crippen LogP contribution in [-0.2, 0) is 10.2 Å². The second-order valence-corrected chi connectivity index (χ2v) is 6.81. The Hall–Kier alpha value is -2.13. The minimum absolute atomic E-state index is 0.0612. The number of rotatable bonds is 5. The number of carbonyl (C=O) groups excluding carboxylic acids is 1. The maximum atomic E-state index is 12.6. The van der Waals surface area contributed by atoms with Crippen LogP contribution in [-0.4, -0.2) is 11.9 Å². The minimum atomic E-state index is -0.764. The van der Waals surface area contributed by atoms with Crippen molar-refractivity contribution in [3.05, 3.63) is 59.7 Å². The van der Waals surface area contributed by atoms with Gasteiger partial charge in [0.25, 0.3) is 0 Å². The number of amides is 1. The van der Waals surface area contributed by atoms with Crippen molar-refractivity contribution in [2.75, 3.05) is 0 Å². The standard InChI is InChI=1S/C20H24N2O/c1-13(2)18(21)11-12-20(19(22)23)16-9-5-3-7-14(16)15-8-4-6-10-17(15)20/h3-10,13,18H,11-12,21H2,1-2H3,(H2,22,23). The molecule has 1 aliphatic rings. The maximum Gasteiger partial charge on any atom is 0.232 e. The van der Waals surface area contributed by atoms with Crippen LogP contribution in [0.3, 0.4) is 0 Å². The van der Waals surface area contributed by atoms with E-state index in [9.17, 15) is 4.79 Å². The number of primary amides is 1. The van der Waals surface area contributed by atoms with Gasteiger partial charge in [0.1, 0.15) is 0 Å². The zero-order valence-corrected chi connectivity index (χ0v) is 13.8. The van der Waals surface area contributed by atoms with Gasteiger partial charge in [-0.1, -0.05) is 62.4 Å². The molecule has 1 unspecified atom stereocenters. The molecule has 0 bridgehead atoms. The Morgan fingerprint density at radius 3 is 1.91 bits per heavy atom. The highest BCUT2D eigenvalue weighted by atomic mass is 16.1. The highest BCUT2D eigenvalue weighted by Gasteiger charge is 2.47. The van der Waals surface area contributed by atoms with Crippen LogP contribution in [0.25, 0.3) is 11.1 Å². The fraction of sp³-hybridized carbons (Fsp3) is 0.350. The molecule has 3 heteroatoms. The summed E-state index contributed by atoms with van der Waals surface area (Å²) in [4.78, 5) is 12.6. The Bertz CT molecular complexity index is 690. The molecule has 120 valence electrons. The average Bonchev–Trinajstić information content (AvgIpc) is 2.84. The van der Waals surface area contributed by atoms with Gasteiger partial charge in [-0.15, -0.1) is 0 Å². The summed E-state index contributed by atoms with van der Waals surface area (Å²) in [7, 11) is 0. The molecule has 0 saturated carbocycles. The number of carbonyl (C=O) groups is 1. The second kappa shape index (κ2) is 5.82. The van der Waals surface area contributed by atoms with Crippen LogP contribution < -0.4 is 11.5 Å². The third-order valence-electron chi connectivity index (χ3n) is 5.19. The van der Waals surface area contributed by atoms with Crippen molar-refractivity contribution in [1.82, 2.24) is 0 Å². The van der Waals surface area contributed by atoms with Crippen molar-refractivity contribution in [3.63, 3.8) is 0 Å². The van der Waals surface area contributed by atoms with Crippen molar-refractivity contribution in [1.29, 1.82) is 0 Å². The normalized spacial score (nSPS) is 16.0. The quantitative estimate of drug-likeness (QED) is 0.890. The molecule has 4 N–H and O–H groups in total. The maximum absolute atomic E-state index is 12.6. The van der Waals surface area contributed by atoms with E-state index in [0.29, 0.717) is 12.3 Å². The minimum Gasteiger partial charge on any atom is -0.369 e. The average molecular weight is 308 g/mol. The molecule has 2 aromatic rings. The van der Waals surface area contributed by atoms with Gasteiger partial charge < -0.3 is 11.5 Å². The van der Waals surface area contributed by atoms with Crippen molar-refractivity contribution in [2.45, 2.75) is 38.1 Å². The highest BCUT2D eigenvalue weighted by Crippen LogP contribution is 2.51. The van der Waals surface area contributed by atoms with Crippen LogP contribution in [0.4, 0.5) is 0 Å². The van der Waals surface area contributed by atoms with Crippen LogP contribution in [0.5, 0.6) is 0 Å². The van der Waals surface area contributed by atoms with E-state index >= 15 is 0 Å². The lowest BCUT2D eigenvalue weighted by Gasteiger charge is -2.30. The molecular weight excluding hydrogens is 284 g/mol. The third-order valence-corrected chi connectivity index (χ3v) is 5.19. The molecule has 0 aromatic heterocycles. The van der Waals surface area contributed by atoms with E-state index in [0.717, 1.165) is 28.7 Å². The molecule has 0 heterocycles. The Balaban J connectivity index is 2.14. The summed E-state index contributed by atoms with van der Waals surface area (Å²) in [5.74, 6) is 0.0951. The zero-order valence-electron chi connectivity index (χ0n) is 13.8. The van der Waals surface area contributed by atoms with Crippen molar-refractivity contribution >= 4 is 5.91 Å². The molecule has 23 heavy (non-hydrogen) atoms. The van der Waals surface area contributed by atoms with Crippen molar-refractivity contribution in [2.24, 2.45) is 17.4 Å². The Morgan fingerprint density at radius 2 is 1.48 bits per heavy atom. The summed E-state index contributed by atoms with van der Waals surface area (Å²) in [6.45, 7) is 4.22. The summed E-state index contributed by atoms with van der Waals surface area (Å²) < 4.78 is 0. The van der Waals surface area contributed by atoms with Gasteiger partial charge >= 0.3 is 0 Å². The van der Waals surface area contributed by atoms with Gasteiger partial charge in [0.05, 0.1) is 5.41 Å². The summed E-state index contributed by atoms with van der Waals surface area (Å²) in [5.41, 5.74) is 15.7. The summed E-state index contributed by atoms with van der Waals surface area (Å²) in [6.07, 6.45) is 1.42. The van der Waals surface area contributed by atoms with E-state index in [-0.39, 0.29) is 11.9 Å². The van der Waals surface area contributed by atoms with E-state index < -0.39 is 5.41 Å². The number of nitrogens with two attached hydrogens (primary N) is 2. The monoisotopic (exact) mass is 308 g/mol. The van der Waals surface area contributed by atoms with Crippen molar-refractivity contribution in [3.8, 4) is 11.1 Å². The van der Waals surface area contributed by atoms with Crippen LogP contribution in [0.1, 0.15) is 37.8 Å². The van der Waals surface area contributed by atoms with Gasteiger partial charge in [-0.05, 0) is 41.0 Å².